The maximum Gasteiger partial charge on any atom is 0.416 e. The summed E-state index contributed by atoms with van der Waals surface area (Å²) in [6.07, 6.45) is -4.44. The van der Waals surface area contributed by atoms with Crippen LogP contribution in [0.4, 0.5) is 29.3 Å². The second kappa shape index (κ2) is 5.84. The fraction of sp³-hybridized carbons (Fsp3) is 0.0714. The molecule has 116 valence electrons. The van der Waals surface area contributed by atoms with E-state index in [1.54, 1.807) is 0 Å². The zero-order chi connectivity index (χ0) is 16.3. The van der Waals surface area contributed by atoms with Gasteiger partial charge in [-0.25, -0.2) is 4.79 Å². The Morgan fingerprint density at radius 2 is 1.36 bits per heavy atom. The van der Waals surface area contributed by atoms with Crippen molar-refractivity contribution >= 4 is 17.4 Å². The number of alkyl halides is 3. The lowest BCUT2D eigenvalue weighted by molar-refractivity contribution is -0.137. The summed E-state index contributed by atoms with van der Waals surface area (Å²) >= 11 is 0. The van der Waals surface area contributed by atoms with Crippen LogP contribution >= 0.6 is 0 Å². The Balaban J connectivity index is 2.03. The summed E-state index contributed by atoms with van der Waals surface area (Å²) in [6, 6.07) is 6.66. The molecular formula is C14H11F3N2O3. The lowest BCUT2D eigenvalue weighted by atomic mass is 10.2. The van der Waals surface area contributed by atoms with Crippen molar-refractivity contribution in [1.82, 2.24) is 0 Å². The molecule has 0 fully saturated rings. The topological polar surface area (TPSA) is 81.6 Å². The zero-order valence-electron chi connectivity index (χ0n) is 11.0. The monoisotopic (exact) mass is 312 g/mol. The molecule has 2 aromatic rings. The Kier molecular flexibility index (Phi) is 4.11. The van der Waals surface area contributed by atoms with E-state index in [0.29, 0.717) is 0 Å². The molecule has 0 aliphatic carbocycles. The Morgan fingerprint density at radius 3 is 1.86 bits per heavy atom. The van der Waals surface area contributed by atoms with Gasteiger partial charge < -0.3 is 20.8 Å². The summed E-state index contributed by atoms with van der Waals surface area (Å²) in [5.41, 5.74) is -0.534. The maximum absolute atomic E-state index is 12.4. The van der Waals surface area contributed by atoms with Crippen LogP contribution in [0.25, 0.3) is 0 Å². The summed E-state index contributed by atoms with van der Waals surface area (Å²) in [5, 5.41) is 23.2. The minimum Gasteiger partial charge on any atom is -0.508 e. The van der Waals surface area contributed by atoms with E-state index in [1.807, 2.05) is 0 Å². The first-order chi connectivity index (χ1) is 10.2. The number of carbonyl (C=O) groups excluding carboxylic acids is 1. The van der Waals surface area contributed by atoms with Crippen LogP contribution < -0.4 is 10.6 Å². The molecule has 8 heteroatoms. The van der Waals surface area contributed by atoms with Crippen molar-refractivity contribution in [2.24, 2.45) is 0 Å². The van der Waals surface area contributed by atoms with E-state index in [4.69, 9.17) is 0 Å². The fourth-order valence-corrected chi connectivity index (χ4v) is 1.70. The van der Waals surface area contributed by atoms with E-state index in [2.05, 4.69) is 10.6 Å². The van der Waals surface area contributed by atoms with Gasteiger partial charge in [0.1, 0.15) is 11.5 Å². The third kappa shape index (κ3) is 4.05. The Labute approximate surface area is 123 Å². The van der Waals surface area contributed by atoms with Crippen LogP contribution in [-0.2, 0) is 6.18 Å². The van der Waals surface area contributed by atoms with Crippen LogP contribution in [-0.4, -0.2) is 16.2 Å². The van der Waals surface area contributed by atoms with Gasteiger partial charge in [0.25, 0.3) is 0 Å². The quantitative estimate of drug-likeness (QED) is 0.681. The van der Waals surface area contributed by atoms with Gasteiger partial charge in [0, 0.05) is 29.6 Å². The van der Waals surface area contributed by atoms with Gasteiger partial charge in [-0.05, 0) is 24.3 Å². The number of halogens is 3. The van der Waals surface area contributed by atoms with Gasteiger partial charge in [0.15, 0.2) is 0 Å². The number of nitrogens with one attached hydrogen (secondary N) is 2. The minimum absolute atomic E-state index is 0.127. The average molecular weight is 312 g/mol. The number of aromatic hydroxyl groups is 2. The zero-order valence-corrected chi connectivity index (χ0v) is 11.0. The highest BCUT2D eigenvalue weighted by molar-refractivity contribution is 5.99. The highest BCUT2D eigenvalue weighted by Gasteiger charge is 2.29. The van der Waals surface area contributed by atoms with E-state index < -0.39 is 17.8 Å². The Hall–Kier alpha value is -2.90. The van der Waals surface area contributed by atoms with Gasteiger partial charge in [-0.3, -0.25) is 0 Å². The summed E-state index contributed by atoms with van der Waals surface area (Å²) in [4.78, 5) is 11.7. The Morgan fingerprint density at radius 1 is 0.864 bits per heavy atom. The minimum atomic E-state index is -4.44. The number of hydrogen-bond donors (Lipinski definition) is 4. The number of phenolic OH excluding ortho intramolecular Hbond substituents is 2. The summed E-state index contributed by atoms with van der Waals surface area (Å²) in [7, 11) is 0. The van der Waals surface area contributed by atoms with E-state index in [9.17, 15) is 28.2 Å². The van der Waals surface area contributed by atoms with Gasteiger partial charge in [-0.15, -0.1) is 0 Å². The molecule has 0 bridgehead atoms. The molecule has 0 heterocycles. The van der Waals surface area contributed by atoms with E-state index in [0.717, 1.165) is 30.3 Å². The molecule has 0 radical (unpaired) electrons. The van der Waals surface area contributed by atoms with Gasteiger partial charge in [0.2, 0.25) is 0 Å². The molecule has 4 N–H and O–H groups in total. The van der Waals surface area contributed by atoms with Crippen molar-refractivity contribution in [2.45, 2.75) is 6.18 Å². The van der Waals surface area contributed by atoms with E-state index in [-0.39, 0.29) is 22.9 Å². The highest BCUT2D eigenvalue weighted by Crippen LogP contribution is 2.30. The summed E-state index contributed by atoms with van der Waals surface area (Å²) in [6.45, 7) is 0. The van der Waals surface area contributed by atoms with Crippen LogP contribution in [0.5, 0.6) is 11.5 Å². The number of carbonyl (C=O) groups is 1. The van der Waals surface area contributed by atoms with Crippen molar-refractivity contribution in [2.75, 3.05) is 10.6 Å². The van der Waals surface area contributed by atoms with Crippen molar-refractivity contribution in [1.29, 1.82) is 0 Å². The smallest absolute Gasteiger partial charge is 0.416 e. The highest BCUT2D eigenvalue weighted by atomic mass is 19.4. The van der Waals surface area contributed by atoms with Crippen LogP contribution in [0.3, 0.4) is 0 Å². The maximum atomic E-state index is 12.4. The molecule has 2 rings (SSSR count). The first-order valence-electron chi connectivity index (χ1n) is 6.02. The average Bonchev–Trinajstić information content (AvgIpc) is 2.36. The molecule has 2 aromatic carbocycles. The number of anilines is 2. The molecule has 0 saturated heterocycles. The van der Waals surface area contributed by atoms with Crippen molar-refractivity contribution in [3.8, 4) is 11.5 Å². The van der Waals surface area contributed by atoms with Crippen LogP contribution in [0.2, 0.25) is 0 Å². The lowest BCUT2D eigenvalue weighted by Crippen LogP contribution is -2.19. The number of benzene rings is 2. The number of urea groups is 1. The predicted octanol–water partition coefficient (Wildman–Crippen LogP) is 3.76. The van der Waals surface area contributed by atoms with Crippen LogP contribution in [0.15, 0.2) is 42.5 Å². The standard InChI is InChI=1S/C14H11F3N2O3/c15-14(16,17)8-1-3-9(4-2-8)18-13(22)19-10-5-11(20)7-12(21)6-10/h1-7,20-21H,(H2,18,19,22). The van der Waals surface area contributed by atoms with E-state index in [1.165, 1.54) is 12.1 Å². The fourth-order valence-electron chi connectivity index (χ4n) is 1.70. The molecule has 0 saturated carbocycles. The van der Waals surface area contributed by atoms with Crippen LogP contribution in [0, 0.1) is 0 Å². The number of rotatable bonds is 2. The molecule has 0 aromatic heterocycles. The van der Waals surface area contributed by atoms with Gasteiger partial charge >= 0.3 is 12.2 Å². The first-order valence-corrected chi connectivity index (χ1v) is 6.02. The predicted molar refractivity (Wildman–Crippen MR) is 73.9 cm³/mol. The van der Waals surface area contributed by atoms with Gasteiger partial charge in [0.05, 0.1) is 5.56 Å². The normalized spacial score (nSPS) is 11.0. The molecule has 0 unspecified atom stereocenters. The molecule has 5 nitrogen and oxygen atoms in total. The van der Waals surface area contributed by atoms with Crippen LogP contribution in [0.1, 0.15) is 5.56 Å². The summed E-state index contributed by atoms with van der Waals surface area (Å²) < 4.78 is 37.2. The third-order valence-corrected chi connectivity index (χ3v) is 2.63. The molecule has 2 amide bonds. The molecule has 0 spiro atoms. The Bertz CT molecular complexity index is 664. The van der Waals surface area contributed by atoms with Crippen molar-refractivity contribution < 1.29 is 28.2 Å². The molecule has 0 atom stereocenters. The lowest BCUT2D eigenvalue weighted by Gasteiger charge is -2.10. The van der Waals surface area contributed by atoms with Crippen molar-refractivity contribution in [3.63, 3.8) is 0 Å². The second-order valence-electron chi connectivity index (χ2n) is 4.39. The largest absolute Gasteiger partial charge is 0.508 e. The first kappa shape index (κ1) is 15.5. The van der Waals surface area contributed by atoms with Crippen molar-refractivity contribution in [3.05, 3.63) is 48.0 Å². The molecule has 0 aliphatic rings. The SMILES string of the molecule is O=C(Nc1ccc(C(F)(F)F)cc1)Nc1cc(O)cc(O)c1. The number of hydrogen-bond acceptors (Lipinski definition) is 3. The van der Waals surface area contributed by atoms with Gasteiger partial charge in [-0.2, -0.15) is 13.2 Å². The molecule has 0 aliphatic heterocycles. The van der Waals surface area contributed by atoms with E-state index >= 15 is 0 Å². The molecular weight excluding hydrogens is 301 g/mol. The number of amides is 2. The second-order valence-corrected chi connectivity index (χ2v) is 4.39. The third-order valence-electron chi connectivity index (χ3n) is 2.63. The molecule has 22 heavy (non-hydrogen) atoms. The summed E-state index contributed by atoms with van der Waals surface area (Å²) in [5.74, 6) is -0.491. The number of phenols is 2. The van der Waals surface area contributed by atoms with Gasteiger partial charge in [-0.1, -0.05) is 0 Å².